The number of carbonyl (C=O) groups excluding carboxylic acids is 3. The summed E-state index contributed by atoms with van der Waals surface area (Å²) in [5, 5.41) is 2.19. The molecule has 0 aromatic carbocycles. The first-order valence-corrected chi connectivity index (χ1v) is 4.25. The van der Waals surface area contributed by atoms with Gasteiger partial charge in [-0.05, 0) is 0 Å². The van der Waals surface area contributed by atoms with Crippen LogP contribution in [0, 0.1) is 0 Å². The van der Waals surface area contributed by atoms with Crippen LogP contribution in [0.25, 0.3) is 0 Å². The molecule has 2 aliphatic heterocycles. The van der Waals surface area contributed by atoms with Crippen LogP contribution in [0.3, 0.4) is 0 Å². The molecule has 2 heterocycles. The normalized spacial score (nSPS) is 26.1. The van der Waals surface area contributed by atoms with Gasteiger partial charge in [-0.15, -0.1) is 0 Å². The van der Waals surface area contributed by atoms with E-state index >= 15 is 0 Å². The maximum absolute atomic E-state index is 11.2. The van der Waals surface area contributed by atoms with Crippen LogP contribution in [0.15, 0.2) is 0 Å². The molecule has 0 aromatic heterocycles. The van der Waals surface area contributed by atoms with Crippen LogP contribution in [0.5, 0.6) is 0 Å². The van der Waals surface area contributed by atoms with Gasteiger partial charge in [0.05, 0.1) is 6.54 Å². The first kappa shape index (κ1) is 8.79. The maximum Gasteiger partial charge on any atom is 0.324 e. The van der Waals surface area contributed by atoms with Gasteiger partial charge in [-0.25, -0.2) is 9.59 Å². The van der Waals surface area contributed by atoms with Gasteiger partial charge in [0.15, 0.2) is 0 Å². The van der Waals surface area contributed by atoms with Gasteiger partial charge in [0.2, 0.25) is 0 Å². The van der Waals surface area contributed by atoms with Gasteiger partial charge in [0.1, 0.15) is 6.04 Å². The molecule has 0 aromatic rings. The van der Waals surface area contributed by atoms with Gasteiger partial charge < -0.3 is 15.5 Å². The summed E-state index contributed by atoms with van der Waals surface area (Å²) < 4.78 is 0. The minimum absolute atomic E-state index is 0.187. The van der Waals surface area contributed by atoms with Crippen LogP contribution in [0.1, 0.15) is 0 Å². The lowest BCUT2D eigenvalue weighted by Gasteiger charge is -2.34. The smallest absolute Gasteiger partial charge is 0.324 e. The zero-order valence-corrected chi connectivity index (χ0v) is 7.40. The van der Waals surface area contributed by atoms with Gasteiger partial charge in [0, 0.05) is 13.1 Å². The fourth-order valence-corrected chi connectivity index (χ4v) is 1.71. The Kier molecular flexibility index (Phi) is 1.80. The Hall–Kier alpha value is -1.79. The zero-order valence-electron chi connectivity index (χ0n) is 7.40. The Morgan fingerprint density at radius 1 is 1.43 bits per heavy atom. The number of primary amides is 1. The fourth-order valence-electron chi connectivity index (χ4n) is 1.71. The number of hydrogen-bond donors (Lipinski definition) is 2. The molecule has 0 saturated carbocycles. The second-order valence-electron chi connectivity index (χ2n) is 3.29. The molecule has 0 unspecified atom stereocenters. The van der Waals surface area contributed by atoms with Crippen LogP contribution in [0.2, 0.25) is 0 Å². The second kappa shape index (κ2) is 2.86. The van der Waals surface area contributed by atoms with E-state index in [0.717, 1.165) is 0 Å². The lowest BCUT2D eigenvalue weighted by Crippen LogP contribution is -2.55. The van der Waals surface area contributed by atoms with Crippen LogP contribution >= 0.6 is 0 Å². The lowest BCUT2D eigenvalue weighted by molar-refractivity contribution is -0.122. The van der Waals surface area contributed by atoms with Crippen molar-refractivity contribution < 1.29 is 14.4 Å². The van der Waals surface area contributed by atoms with E-state index in [2.05, 4.69) is 5.32 Å². The molecule has 76 valence electrons. The van der Waals surface area contributed by atoms with Crippen LogP contribution in [-0.4, -0.2) is 53.4 Å². The van der Waals surface area contributed by atoms with E-state index in [4.69, 9.17) is 5.73 Å². The van der Waals surface area contributed by atoms with Gasteiger partial charge >= 0.3 is 12.1 Å². The maximum atomic E-state index is 11.2. The molecule has 0 bridgehead atoms. The van der Waals surface area contributed by atoms with E-state index in [1.54, 1.807) is 0 Å². The molecular formula is C7H10N4O3. The summed E-state index contributed by atoms with van der Waals surface area (Å²) in [5.74, 6) is -0.360. The van der Waals surface area contributed by atoms with E-state index in [1.807, 2.05) is 0 Å². The molecule has 2 rings (SSSR count). The summed E-state index contributed by atoms with van der Waals surface area (Å²) >= 11 is 0. The predicted molar refractivity (Wildman–Crippen MR) is 45.2 cm³/mol. The molecule has 14 heavy (non-hydrogen) atoms. The third-order valence-corrected chi connectivity index (χ3v) is 2.49. The Morgan fingerprint density at radius 2 is 2.14 bits per heavy atom. The van der Waals surface area contributed by atoms with Gasteiger partial charge in [-0.3, -0.25) is 10.1 Å². The molecule has 0 aliphatic carbocycles. The summed E-state index contributed by atoms with van der Waals surface area (Å²) in [6.45, 7) is 0.921. The summed E-state index contributed by atoms with van der Waals surface area (Å²) in [5.41, 5.74) is 5.08. The van der Waals surface area contributed by atoms with Crippen molar-refractivity contribution in [1.82, 2.24) is 15.1 Å². The van der Waals surface area contributed by atoms with Gasteiger partial charge in [0.25, 0.3) is 5.91 Å². The van der Waals surface area contributed by atoms with Crippen molar-refractivity contribution in [2.24, 2.45) is 5.73 Å². The molecule has 3 N–H and O–H groups in total. The number of fused-ring (bicyclic) bond motifs is 1. The average molecular weight is 198 g/mol. The number of nitrogens with two attached hydrogens (primary N) is 1. The second-order valence-corrected chi connectivity index (χ2v) is 3.29. The van der Waals surface area contributed by atoms with Crippen molar-refractivity contribution in [2.75, 3.05) is 19.6 Å². The van der Waals surface area contributed by atoms with Crippen molar-refractivity contribution in [3.8, 4) is 0 Å². The van der Waals surface area contributed by atoms with E-state index in [9.17, 15) is 14.4 Å². The molecule has 1 atom stereocenters. The third kappa shape index (κ3) is 1.17. The van der Waals surface area contributed by atoms with E-state index in [1.165, 1.54) is 9.80 Å². The highest BCUT2D eigenvalue weighted by Crippen LogP contribution is 2.14. The number of piperazine rings is 1. The number of carbonyl (C=O) groups is 3. The van der Waals surface area contributed by atoms with Crippen molar-refractivity contribution in [1.29, 1.82) is 0 Å². The van der Waals surface area contributed by atoms with E-state index < -0.39 is 12.1 Å². The minimum Gasteiger partial charge on any atom is -0.351 e. The topological polar surface area (TPSA) is 95.7 Å². The van der Waals surface area contributed by atoms with Crippen molar-refractivity contribution >= 4 is 18.0 Å². The molecule has 0 radical (unpaired) electrons. The fraction of sp³-hybridized carbons (Fsp3) is 0.571. The molecule has 5 amide bonds. The Balaban J connectivity index is 2.13. The molecule has 7 nitrogen and oxygen atoms in total. The quantitative estimate of drug-likeness (QED) is 0.454. The van der Waals surface area contributed by atoms with Crippen LogP contribution in [0.4, 0.5) is 9.59 Å². The lowest BCUT2D eigenvalue weighted by atomic mass is 10.2. The molecule has 2 aliphatic rings. The zero-order chi connectivity index (χ0) is 10.3. The predicted octanol–water partition coefficient (Wildman–Crippen LogP) is -1.70. The Morgan fingerprint density at radius 3 is 2.79 bits per heavy atom. The van der Waals surface area contributed by atoms with E-state index in [0.29, 0.717) is 13.1 Å². The average Bonchev–Trinajstić information content (AvgIpc) is 2.42. The number of urea groups is 2. The molecule has 7 heteroatoms. The highest BCUT2D eigenvalue weighted by atomic mass is 16.2. The molecule has 2 fully saturated rings. The van der Waals surface area contributed by atoms with Crippen LogP contribution in [-0.2, 0) is 4.79 Å². The number of nitrogens with zero attached hydrogens (tertiary/aromatic N) is 2. The Labute approximate surface area is 79.8 Å². The highest BCUT2D eigenvalue weighted by molar-refractivity contribution is 6.04. The largest absolute Gasteiger partial charge is 0.351 e. The van der Waals surface area contributed by atoms with E-state index in [-0.39, 0.29) is 18.5 Å². The molecule has 0 spiro atoms. The Bertz CT molecular complexity index is 316. The molecular weight excluding hydrogens is 188 g/mol. The molecule has 2 saturated heterocycles. The van der Waals surface area contributed by atoms with Gasteiger partial charge in [-0.1, -0.05) is 0 Å². The van der Waals surface area contributed by atoms with Crippen molar-refractivity contribution in [3.63, 3.8) is 0 Å². The first-order chi connectivity index (χ1) is 6.59. The first-order valence-electron chi connectivity index (χ1n) is 4.25. The monoisotopic (exact) mass is 198 g/mol. The van der Waals surface area contributed by atoms with Crippen molar-refractivity contribution in [3.05, 3.63) is 0 Å². The summed E-state index contributed by atoms with van der Waals surface area (Å²) in [7, 11) is 0. The summed E-state index contributed by atoms with van der Waals surface area (Å²) in [4.78, 5) is 36.0. The number of imide groups is 1. The number of hydrogen-bond acceptors (Lipinski definition) is 3. The highest BCUT2D eigenvalue weighted by Gasteiger charge is 2.42. The SMILES string of the molecule is NC(=O)N1CCN2C(=O)NC(=O)[C@H]2C1. The standard InChI is InChI=1S/C7H10N4O3/c8-6(13)10-1-2-11-4(3-10)5(12)9-7(11)14/h4H,1-3H2,(H2,8,13)(H,9,12,14)/t4-/m1/s1. The third-order valence-electron chi connectivity index (χ3n) is 2.49. The van der Waals surface area contributed by atoms with Gasteiger partial charge in [-0.2, -0.15) is 0 Å². The minimum atomic E-state index is -0.566. The summed E-state index contributed by atoms with van der Waals surface area (Å²) in [6, 6.07) is -1.51. The van der Waals surface area contributed by atoms with Crippen LogP contribution < -0.4 is 11.1 Å². The number of rotatable bonds is 0. The number of amides is 5. The summed E-state index contributed by atoms with van der Waals surface area (Å²) in [6.07, 6.45) is 0. The van der Waals surface area contributed by atoms with Crippen molar-refractivity contribution in [2.45, 2.75) is 6.04 Å². The number of nitrogens with one attached hydrogen (secondary N) is 1.